The summed E-state index contributed by atoms with van der Waals surface area (Å²) in [4.78, 5) is 16.2. The lowest BCUT2D eigenvalue weighted by Crippen LogP contribution is -2.03. The predicted molar refractivity (Wildman–Crippen MR) is 167 cm³/mol. The fourth-order valence-electron chi connectivity index (χ4n) is 2.82. The highest BCUT2D eigenvalue weighted by Gasteiger charge is 2.00. The van der Waals surface area contributed by atoms with Crippen LogP contribution >= 0.6 is 24.0 Å². The van der Waals surface area contributed by atoms with Crippen LogP contribution in [0.25, 0.3) is 0 Å². The minimum atomic E-state index is 0. The maximum absolute atomic E-state index is 5.75. The summed E-state index contributed by atoms with van der Waals surface area (Å²) in [5.74, 6) is 3.89. The maximum atomic E-state index is 5.75. The zero-order chi connectivity index (χ0) is 28.3. The number of hydrogen-bond acceptors (Lipinski definition) is 10. The lowest BCUT2D eigenvalue weighted by atomic mass is 10.3. The van der Waals surface area contributed by atoms with E-state index in [1.807, 2.05) is 54.6 Å². The van der Waals surface area contributed by atoms with Crippen molar-refractivity contribution in [2.24, 2.45) is 5.73 Å². The summed E-state index contributed by atoms with van der Waals surface area (Å²) in [6.07, 6.45) is 5.11. The van der Waals surface area contributed by atoms with E-state index in [1.165, 1.54) is 6.33 Å². The highest BCUT2D eigenvalue weighted by Crippen LogP contribution is 2.20. The third kappa shape index (κ3) is 13.3. The molecule has 0 fully saturated rings. The molecule has 0 atom stereocenters. The Labute approximate surface area is 247 Å². The van der Waals surface area contributed by atoms with Gasteiger partial charge in [0.05, 0.1) is 14.2 Å². The molecule has 0 aliphatic heterocycles. The first-order valence-electron chi connectivity index (χ1n) is 12.6. The molecule has 216 valence electrons. The van der Waals surface area contributed by atoms with Crippen LogP contribution in [0.3, 0.4) is 0 Å². The van der Waals surface area contributed by atoms with Crippen molar-refractivity contribution in [3.63, 3.8) is 0 Å². The van der Waals surface area contributed by atoms with Gasteiger partial charge >= 0.3 is 0 Å². The molecule has 0 aliphatic carbocycles. The van der Waals surface area contributed by atoms with Gasteiger partial charge in [0.1, 0.15) is 46.8 Å². The second-order valence-electron chi connectivity index (χ2n) is 7.94. The molecule has 0 unspecified atom stereocenters. The van der Waals surface area contributed by atoms with Crippen LogP contribution < -0.4 is 31.2 Å². The Hall–Kier alpha value is -3.86. The summed E-state index contributed by atoms with van der Waals surface area (Å²) in [7, 11) is 3.28. The van der Waals surface area contributed by atoms with Crippen LogP contribution in [0.5, 0.6) is 11.5 Å². The van der Waals surface area contributed by atoms with Crippen molar-refractivity contribution < 1.29 is 9.47 Å². The van der Waals surface area contributed by atoms with Crippen LogP contribution in [0.15, 0.2) is 73.3 Å². The molecule has 5 N–H and O–H groups in total. The van der Waals surface area contributed by atoms with Crippen LogP contribution in [0.1, 0.15) is 26.7 Å². The van der Waals surface area contributed by atoms with Crippen molar-refractivity contribution in [3.8, 4) is 11.5 Å². The average molecular weight is 590 g/mol. The van der Waals surface area contributed by atoms with E-state index in [-0.39, 0.29) is 12.4 Å². The van der Waals surface area contributed by atoms with Crippen molar-refractivity contribution in [2.45, 2.75) is 26.7 Å². The third-order valence-corrected chi connectivity index (χ3v) is 5.08. The Morgan fingerprint density at radius 1 is 0.700 bits per heavy atom. The first-order valence-corrected chi connectivity index (χ1v) is 12.9. The molecular formula is C28H38Cl2N8O2. The molecule has 0 aliphatic rings. The second kappa shape index (κ2) is 20.1. The smallest absolute Gasteiger partial charge is 0.135 e. The molecule has 2 heterocycles. The van der Waals surface area contributed by atoms with Crippen molar-refractivity contribution in [1.29, 1.82) is 0 Å². The Morgan fingerprint density at radius 3 is 1.57 bits per heavy atom. The first-order chi connectivity index (χ1) is 19.0. The number of aromatic nitrogens is 4. The number of anilines is 5. The Morgan fingerprint density at radius 2 is 1.15 bits per heavy atom. The van der Waals surface area contributed by atoms with E-state index < -0.39 is 0 Å². The van der Waals surface area contributed by atoms with Gasteiger partial charge in [0.2, 0.25) is 0 Å². The Balaban J connectivity index is 0.000000349. The van der Waals surface area contributed by atoms with Gasteiger partial charge < -0.3 is 31.2 Å². The number of methoxy groups -OCH3 is 2. The van der Waals surface area contributed by atoms with Gasteiger partial charge in [-0.25, -0.2) is 19.9 Å². The third-order valence-electron chi connectivity index (χ3n) is 4.87. The lowest BCUT2D eigenvalue weighted by molar-refractivity contribution is 0.415. The largest absolute Gasteiger partial charge is 0.497 e. The van der Waals surface area contributed by atoms with Gasteiger partial charge in [0.25, 0.3) is 0 Å². The monoisotopic (exact) mass is 588 g/mol. The van der Waals surface area contributed by atoms with E-state index in [0.717, 1.165) is 60.4 Å². The number of hydrogen-bond donors (Lipinski definition) is 4. The second-order valence-corrected chi connectivity index (χ2v) is 8.32. The molecule has 4 rings (SSSR count). The number of nitrogens with two attached hydrogens (primary N) is 1. The van der Waals surface area contributed by atoms with E-state index in [4.69, 9.17) is 26.8 Å². The molecule has 10 nitrogen and oxygen atoms in total. The fraction of sp³-hybridized carbons (Fsp3) is 0.286. The summed E-state index contributed by atoms with van der Waals surface area (Å²) in [6, 6.07) is 18.8. The van der Waals surface area contributed by atoms with Crippen molar-refractivity contribution >= 4 is 52.8 Å². The number of benzene rings is 2. The molecule has 0 spiro atoms. The molecular weight excluding hydrogens is 551 g/mol. The van der Waals surface area contributed by atoms with E-state index in [9.17, 15) is 0 Å². The number of rotatable bonds is 10. The minimum absolute atomic E-state index is 0. The number of nitrogens with one attached hydrogen (secondary N) is 3. The zero-order valence-corrected chi connectivity index (χ0v) is 24.8. The van der Waals surface area contributed by atoms with Gasteiger partial charge in [-0.1, -0.05) is 25.4 Å². The Bertz CT molecular complexity index is 1210. The fourth-order valence-corrected chi connectivity index (χ4v) is 2.97. The predicted octanol–water partition coefficient (Wildman–Crippen LogP) is 6.71. The molecule has 2 aromatic carbocycles. The van der Waals surface area contributed by atoms with Crippen molar-refractivity contribution in [3.05, 3.63) is 78.5 Å². The van der Waals surface area contributed by atoms with Gasteiger partial charge in [-0.3, -0.25) is 0 Å². The number of halogens is 2. The van der Waals surface area contributed by atoms with Crippen LogP contribution in [-0.2, 0) is 0 Å². The highest BCUT2D eigenvalue weighted by atomic mass is 35.5. The molecule has 2 aromatic heterocycles. The standard InChI is InChI=1S/C14H18N4O.C11H10ClN3O.C3H9N.ClH/c1-3-8-15-13-9-14(17-10-16-13)18-11-4-6-12(19-2)7-5-11;1-16-9-4-2-8(3-5-9)15-11-6-10(12)13-7-14-11;1-2-3-4;/h4-7,9-10H,3,8H2,1-2H3,(H2,15,16,17,18);2-7H,1H3,(H,13,14,15);2-4H2,1H3;1H. The van der Waals surface area contributed by atoms with E-state index in [0.29, 0.717) is 11.0 Å². The average Bonchev–Trinajstić information content (AvgIpc) is 2.97. The molecule has 0 bridgehead atoms. The SMILES string of the molecule is CCCN.CCCNc1cc(Nc2ccc(OC)cc2)ncn1.COc1ccc(Nc2cc(Cl)ncn2)cc1.Cl. The Kier molecular flexibility index (Phi) is 17.2. The number of ether oxygens (including phenoxy) is 2. The van der Waals surface area contributed by atoms with Gasteiger partial charge in [-0.05, 0) is 67.9 Å². The molecule has 4 aromatic rings. The summed E-state index contributed by atoms with van der Waals surface area (Å²) < 4.78 is 10.2. The molecule has 0 saturated heterocycles. The van der Waals surface area contributed by atoms with Crippen LogP contribution in [-0.4, -0.2) is 47.2 Å². The summed E-state index contributed by atoms with van der Waals surface area (Å²) in [5, 5.41) is 9.97. The molecule has 0 amide bonds. The normalized spacial score (nSPS) is 9.45. The number of nitrogens with zero attached hydrogens (tertiary/aromatic N) is 4. The summed E-state index contributed by atoms with van der Waals surface area (Å²) in [5.41, 5.74) is 6.90. The van der Waals surface area contributed by atoms with Crippen LogP contribution in [0.4, 0.5) is 28.8 Å². The van der Waals surface area contributed by atoms with Crippen LogP contribution in [0.2, 0.25) is 5.15 Å². The first kappa shape index (κ1) is 34.2. The van der Waals surface area contributed by atoms with Gasteiger partial charge in [-0.15, -0.1) is 12.4 Å². The molecule has 0 radical (unpaired) electrons. The maximum Gasteiger partial charge on any atom is 0.135 e. The molecule has 12 heteroatoms. The highest BCUT2D eigenvalue weighted by molar-refractivity contribution is 6.29. The zero-order valence-electron chi connectivity index (χ0n) is 23.2. The van der Waals surface area contributed by atoms with Crippen LogP contribution in [0, 0.1) is 0 Å². The summed E-state index contributed by atoms with van der Waals surface area (Å²) in [6.45, 7) is 5.89. The van der Waals surface area contributed by atoms with Gasteiger partial charge in [0, 0.05) is 30.1 Å². The lowest BCUT2D eigenvalue weighted by Gasteiger charge is -2.08. The van der Waals surface area contributed by atoms with E-state index >= 15 is 0 Å². The van der Waals surface area contributed by atoms with Crippen molar-refractivity contribution in [1.82, 2.24) is 19.9 Å². The molecule has 40 heavy (non-hydrogen) atoms. The molecule has 0 saturated carbocycles. The van der Waals surface area contributed by atoms with Crippen molar-refractivity contribution in [2.75, 3.05) is 43.3 Å². The quantitative estimate of drug-likeness (QED) is 0.148. The summed E-state index contributed by atoms with van der Waals surface area (Å²) >= 11 is 5.75. The minimum Gasteiger partial charge on any atom is -0.497 e. The van der Waals surface area contributed by atoms with E-state index in [1.54, 1.807) is 26.6 Å². The van der Waals surface area contributed by atoms with Gasteiger partial charge in [0.15, 0.2) is 0 Å². The van der Waals surface area contributed by atoms with Gasteiger partial charge in [-0.2, -0.15) is 0 Å². The topological polar surface area (TPSA) is 132 Å². The van der Waals surface area contributed by atoms with E-state index in [2.05, 4.69) is 49.7 Å².